The molecule has 2 heterocycles. The van der Waals surface area contributed by atoms with Crippen LogP contribution in [0.3, 0.4) is 0 Å². The monoisotopic (exact) mass is 272 g/mol. The van der Waals surface area contributed by atoms with Crippen molar-refractivity contribution in [3.05, 3.63) is 24.3 Å². The molecule has 0 saturated heterocycles. The molecule has 0 saturated carbocycles. The molecule has 1 aromatic carbocycles. The molecule has 1 aromatic heterocycles. The van der Waals surface area contributed by atoms with Crippen LogP contribution in [0.25, 0.3) is 11.0 Å². The molecular formula is C15H20N4O. The summed E-state index contributed by atoms with van der Waals surface area (Å²) in [5.74, 6) is 1.12. The van der Waals surface area contributed by atoms with Crippen LogP contribution in [0.15, 0.2) is 24.3 Å². The van der Waals surface area contributed by atoms with E-state index in [2.05, 4.69) is 23.4 Å². The van der Waals surface area contributed by atoms with Gasteiger partial charge >= 0.3 is 0 Å². The van der Waals surface area contributed by atoms with E-state index in [0.29, 0.717) is 18.9 Å². The maximum atomic E-state index is 12.5. The van der Waals surface area contributed by atoms with Crippen LogP contribution >= 0.6 is 0 Å². The number of nitrogens with zero attached hydrogens (tertiary/aromatic N) is 3. The predicted octanol–water partition coefficient (Wildman–Crippen LogP) is 1.76. The number of anilines is 1. The molecule has 1 aliphatic heterocycles. The van der Waals surface area contributed by atoms with Gasteiger partial charge in [0.15, 0.2) is 0 Å². The zero-order chi connectivity index (χ0) is 14.3. The fourth-order valence-electron chi connectivity index (χ4n) is 2.81. The summed E-state index contributed by atoms with van der Waals surface area (Å²) in [6.45, 7) is 5.60. The van der Waals surface area contributed by atoms with Crippen molar-refractivity contribution in [1.82, 2.24) is 9.55 Å². The first kappa shape index (κ1) is 13.1. The molecule has 5 heteroatoms. The molecule has 1 amide bonds. The number of rotatable bonds is 3. The van der Waals surface area contributed by atoms with Gasteiger partial charge in [-0.05, 0) is 24.5 Å². The third-order valence-corrected chi connectivity index (χ3v) is 3.73. The van der Waals surface area contributed by atoms with Crippen LogP contribution in [-0.2, 0) is 11.3 Å². The van der Waals surface area contributed by atoms with Gasteiger partial charge in [0.2, 0.25) is 11.9 Å². The highest BCUT2D eigenvalue weighted by atomic mass is 16.2. The average molecular weight is 272 g/mol. The molecule has 0 spiro atoms. The highest BCUT2D eigenvalue weighted by Crippen LogP contribution is 2.27. The van der Waals surface area contributed by atoms with Crippen molar-refractivity contribution in [2.75, 3.05) is 11.4 Å². The predicted molar refractivity (Wildman–Crippen MR) is 79.5 cm³/mol. The Labute approximate surface area is 118 Å². The Morgan fingerprint density at radius 1 is 1.35 bits per heavy atom. The molecule has 2 N–H and O–H groups in total. The highest BCUT2D eigenvalue weighted by molar-refractivity contribution is 5.98. The van der Waals surface area contributed by atoms with E-state index in [9.17, 15) is 4.79 Å². The van der Waals surface area contributed by atoms with Crippen LogP contribution in [0, 0.1) is 5.92 Å². The average Bonchev–Trinajstić information content (AvgIpc) is 2.95. The third-order valence-electron chi connectivity index (χ3n) is 3.73. The number of aromatic nitrogens is 2. The number of amides is 1. The van der Waals surface area contributed by atoms with Crippen molar-refractivity contribution >= 4 is 22.9 Å². The lowest BCUT2D eigenvalue weighted by molar-refractivity contribution is -0.120. The largest absolute Gasteiger partial charge is 0.320 e. The van der Waals surface area contributed by atoms with E-state index in [0.717, 1.165) is 23.5 Å². The number of nitrogens with two attached hydrogens (primary N) is 1. The minimum atomic E-state index is -0.443. The number of para-hydroxylation sites is 2. The molecular weight excluding hydrogens is 252 g/mol. The molecule has 0 fully saturated rings. The summed E-state index contributed by atoms with van der Waals surface area (Å²) in [6.07, 6.45) is 0.704. The van der Waals surface area contributed by atoms with Gasteiger partial charge in [0.1, 0.15) is 0 Å². The number of hydrogen-bond acceptors (Lipinski definition) is 3. The maximum absolute atomic E-state index is 12.5. The molecule has 0 bridgehead atoms. The van der Waals surface area contributed by atoms with Crippen LogP contribution < -0.4 is 10.6 Å². The Balaban J connectivity index is 1.91. The van der Waals surface area contributed by atoms with Crippen molar-refractivity contribution in [2.24, 2.45) is 11.7 Å². The van der Waals surface area contributed by atoms with E-state index in [1.54, 1.807) is 4.90 Å². The van der Waals surface area contributed by atoms with Crippen molar-refractivity contribution in [3.8, 4) is 0 Å². The van der Waals surface area contributed by atoms with Crippen LogP contribution in [0.5, 0.6) is 0 Å². The van der Waals surface area contributed by atoms with E-state index in [1.165, 1.54) is 0 Å². The van der Waals surface area contributed by atoms with Gasteiger partial charge in [-0.2, -0.15) is 0 Å². The summed E-state index contributed by atoms with van der Waals surface area (Å²) in [6, 6.07) is 7.51. The molecule has 1 atom stereocenters. The highest BCUT2D eigenvalue weighted by Gasteiger charge is 2.31. The first-order valence-electron chi connectivity index (χ1n) is 7.10. The fourth-order valence-corrected chi connectivity index (χ4v) is 2.81. The molecule has 20 heavy (non-hydrogen) atoms. The van der Waals surface area contributed by atoms with E-state index in [-0.39, 0.29) is 5.91 Å². The molecule has 5 nitrogen and oxygen atoms in total. The zero-order valence-electron chi connectivity index (χ0n) is 11.9. The van der Waals surface area contributed by atoms with Crippen molar-refractivity contribution in [3.63, 3.8) is 0 Å². The summed E-state index contributed by atoms with van der Waals surface area (Å²) in [5.41, 5.74) is 8.03. The zero-order valence-corrected chi connectivity index (χ0v) is 11.9. The van der Waals surface area contributed by atoms with E-state index >= 15 is 0 Å². The SMILES string of the molecule is CC(C)C[C@H](N)C(=O)N1CCn2c1nc1ccccc12. The number of fused-ring (bicyclic) bond motifs is 3. The molecule has 106 valence electrons. The molecule has 1 aliphatic rings. The standard InChI is InChI=1S/C15H20N4O/c1-10(2)9-11(16)14(20)19-8-7-18-13-6-4-3-5-12(13)17-15(18)19/h3-6,10-11H,7-9,16H2,1-2H3/t11-/m0/s1. The van der Waals surface area contributed by atoms with Crippen LogP contribution in [-0.4, -0.2) is 28.0 Å². The Morgan fingerprint density at radius 2 is 2.10 bits per heavy atom. The van der Waals surface area contributed by atoms with Gasteiger partial charge in [-0.3, -0.25) is 9.69 Å². The van der Waals surface area contributed by atoms with Gasteiger partial charge in [0.25, 0.3) is 0 Å². The Bertz CT molecular complexity index is 646. The summed E-state index contributed by atoms with van der Waals surface area (Å²) in [4.78, 5) is 18.8. The Kier molecular flexibility index (Phi) is 3.22. The second kappa shape index (κ2) is 4.90. The molecule has 2 aromatic rings. The second-order valence-electron chi connectivity index (χ2n) is 5.78. The number of carbonyl (C=O) groups is 1. The summed E-state index contributed by atoms with van der Waals surface area (Å²) in [7, 11) is 0. The van der Waals surface area contributed by atoms with Gasteiger partial charge in [-0.25, -0.2) is 4.98 Å². The number of hydrogen-bond donors (Lipinski definition) is 1. The topological polar surface area (TPSA) is 64.2 Å². The Morgan fingerprint density at radius 3 is 2.85 bits per heavy atom. The second-order valence-corrected chi connectivity index (χ2v) is 5.78. The minimum Gasteiger partial charge on any atom is -0.320 e. The van der Waals surface area contributed by atoms with Crippen molar-refractivity contribution < 1.29 is 4.79 Å². The third kappa shape index (κ3) is 2.08. The Hall–Kier alpha value is -1.88. The number of imidazole rings is 1. The van der Waals surface area contributed by atoms with Gasteiger partial charge in [-0.1, -0.05) is 26.0 Å². The molecule has 0 aliphatic carbocycles. The van der Waals surface area contributed by atoms with Crippen molar-refractivity contribution in [1.29, 1.82) is 0 Å². The van der Waals surface area contributed by atoms with E-state index in [1.807, 2.05) is 24.3 Å². The lowest BCUT2D eigenvalue weighted by atomic mass is 10.0. The lowest BCUT2D eigenvalue weighted by Gasteiger charge is -2.20. The summed E-state index contributed by atoms with van der Waals surface area (Å²) >= 11 is 0. The van der Waals surface area contributed by atoms with E-state index in [4.69, 9.17) is 5.73 Å². The van der Waals surface area contributed by atoms with Crippen LogP contribution in [0.4, 0.5) is 5.95 Å². The minimum absolute atomic E-state index is 0.0206. The quantitative estimate of drug-likeness (QED) is 0.926. The smallest absolute Gasteiger partial charge is 0.246 e. The molecule has 0 radical (unpaired) electrons. The summed E-state index contributed by atoms with van der Waals surface area (Å²) in [5, 5.41) is 0. The van der Waals surface area contributed by atoms with Gasteiger partial charge in [0, 0.05) is 13.1 Å². The lowest BCUT2D eigenvalue weighted by Crippen LogP contribution is -2.44. The normalized spacial score (nSPS) is 15.9. The van der Waals surface area contributed by atoms with Crippen molar-refractivity contribution in [2.45, 2.75) is 32.9 Å². The fraction of sp³-hybridized carbons (Fsp3) is 0.467. The number of benzene rings is 1. The van der Waals surface area contributed by atoms with Crippen LogP contribution in [0.1, 0.15) is 20.3 Å². The first-order valence-corrected chi connectivity index (χ1v) is 7.10. The maximum Gasteiger partial charge on any atom is 0.246 e. The van der Waals surface area contributed by atoms with Crippen LogP contribution in [0.2, 0.25) is 0 Å². The molecule has 3 rings (SSSR count). The van der Waals surface area contributed by atoms with E-state index < -0.39 is 6.04 Å². The summed E-state index contributed by atoms with van der Waals surface area (Å²) < 4.78 is 2.09. The first-order chi connectivity index (χ1) is 9.58. The van der Waals surface area contributed by atoms with Gasteiger partial charge in [-0.15, -0.1) is 0 Å². The van der Waals surface area contributed by atoms with Gasteiger partial charge < -0.3 is 10.3 Å². The van der Waals surface area contributed by atoms with Gasteiger partial charge in [0.05, 0.1) is 17.1 Å². The number of carbonyl (C=O) groups excluding carboxylic acids is 1. The molecule has 0 unspecified atom stereocenters.